The number of nitro groups is 1. The molecule has 0 spiro atoms. The van der Waals surface area contributed by atoms with Gasteiger partial charge in [0.05, 0.1) is 4.92 Å². The molecule has 0 radical (unpaired) electrons. The number of thiophene rings is 1. The van der Waals surface area contributed by atoms with E-state index in [1.54, 1.807) is 0 Å². The average Bonchev–Trinajstić information content (AvgIpc) is 2.96. The van der Waals surface area contributed by atoms with Gasteiger partial charge in [-0.05, 0) is 23.6 Å². The number of carboxylic acids is 1. The van der Waals surface area contributed by atoms with Crippen molar-refractivity contribution in [1.29, 1.82) is 0 Å². The molecule has 0 aliphatic carbocycles. The fraction of sp³-hybridized carbons (Fsp3) is 0.0714. The Bertz CT molecular complexity index is 679. The van der Waals surface area contributed by atoms with E-state index in [1.165, 1.54) is 35.6 Å². The first-order valence-electron chi connectivity index (χ1n) is 5.91. The molecule has 0 saturated heterocycles. The molecule has 0 saturated carbocycles. The highest BCUT2D eigenvalue weighted by Crippen LogP contribution is 2.26. The molecule has 1 N–H and O–H groups in total. The van der Waals surface area contributed by atoms with E-state index >= 15 is 0 Å². The van der Waals surface area contributed by atoms with Crippen molar-refractivity contribution in [2.24, 2.45) is 0 Å². The Balaban J connectivity index is 2.25. The third-order valence-electron chi connectivity index (χ3n) is 2.56. The number of aliphatic carboxylic acids is 1. The first-order chi connectivity index (χ1) is 10.1. The van der Waals surface area contributed by atoms with E-state index in [2.05, 4.69) is 0 Å². The van der Waals surface area contributed by atoms with Gasteiger partial charge in [-0.15, -0.1) is 11.3 Å². The Labute approximate surface area is 124 Å². The normalized spacial score (nSPS) is 10.7. The van der Waals surface area contributed by atoms with Crippen molar-refractivity contribution in [2.75, 3.05) is 0 Å². The van der Waals surface area contributed by atoms with Crippen LogP contribution in [-0.2, 0) is 11.4 Å². The van der Waals surface area contributed by atoms with Crippen molar-refractivity contribution >= 4 is 29.1 Å². The van der Waals surface area contributed by atoms with Crippen LogP contribution in [0, 0.1) is 10.1 Å². The minimum absolute atomic E-state index is 0.122. The minimum Gasteiger partial charge on any atom is -0.487 e. The molecule has 0 aliphatic rings. The summed E-state index contributed by atoms with van der Waals surface area (Å²) < 4.78 is 5.59. The predicted molar refractivity (Wildman–Crippen MR) is 78.4 cm³/mol. The number of non-ortho nitro benzene ring substituents is 1. The maximum atomic E-state index is 10.8. The van der Waals surface area contributed by atoms with Crippen molar-refractivity contribution < 1.29 is 19.6 Å². The van der Waals surface area contributed by atoms with Crippen LogP contribution in [0.3, 0.4) is 0 Å². The number of carboxylic acid groups (broad SMARTS) is 1. The van der Waals surface area contributed by atoms with Gasteiger partial charge in [-0.1, -0.05) is 6.07 Å². The summed E-state index contributed by atoms with van der Waals surface area (Å²) in [4.78, 5) is 21.8. The van der Waals surface area contributed by atoms with E-state index in [0.717, 1.165) is 11.0 Å². The van der Waals surface area contributed by atoms with Gasteiger partial charge in [0.1, 0.15) is 12.4 Å². The second-order valence-electron chi connectivity index (χ2n) is 4.02. The number of hydrogen-bond donors (Lipinski definition) is 1. The molecular weight excluding hydrogens is 294 g/mol. The average molecular weight is 305 g/mol. The molecular formula is C14H11NO5S. The summed E-state index contributed by atoms with van der Waals surface area (Å²) in [6.45, 7) is 0.323. The van der Waals surface area contributed by atoms with Gasteiger partial charge in [-0.2, -0.15) is 0 Å². The lowest BCUT2D eigenvalue weighted by molar-refractivity contribution is -0.384. The summed E-state index contributed by atoms with van der Waals surface area (Å²) in [7, 11) is 0. The Morgan fingerprint density at radius 3 is 2.86 bits per heavy atom. The number of nitro benzene ring substituents is 1. The van der Waals surface area contributed by atoms with E-state index in [9.17, 15) is 14.9 Å². The second kappa shape index (κ2) is 6.67. The highest BCUT2D eigenvalue weighted by Gasteiger charge is 2.10. The first-order valence-corrected chi connectivity index (χ1v) is 6.79. The molecule has 1 heterocycles. The number of hydrogen-bond acceptors (Lipinski definition) is 5. The van der Waals surface area contributed by atoms with Gasteiger partial charge in [-0.3, -0.25) is 10.1 Å². The lowest BCUT2D eigenvalue weighted by Crippen LogP contribution is -1.97. The molecule has 1 aromatic carbocycles. The fourth-order valence-corrected chi connectivity index (χ4v) is 2.23. The zero-order chi connectivity index (χ0) is 15.2. The van der Waals surface area contributed by atoms with Gasteiger partial charge in [0.15, 0.2) is 0 Å². The maximum absolute atomic E-state index is 10.8. The minimum atomic E-state index is -1.13. The van der Waals surface area contributed by atoms with E-state index < -0.39 is 10.9 Å². The Kier molecular flexibility index (Phi) is 4.68. The lowest BCUT2D eigenvalue weighted by atomic mass is 10.1. The third kappa shape index (κ3) is 4.15. The van der Waals surface area contributed by atoms with Gasteiger partial charge in [-0.25, -0.2) is 4.79 Å². The number of rotatable bonds is 6. The number of ether oxygens (including phenoxy) is 1. The van der Waals surface area contributed by atoms with Crippen molar-refractivity contribution in [3.8, 4) is 5.75 Å². The third-order valence-corrected chi connectivity index (χ3v) is 3.41. The van der Waals surface area contributed by atoms with Crippen LogP contribution in [0.5, 0.6) is 5.75 Å². The molecule has 2 aromatic rings. The molecule has 1 aromatic heterocycles. The first kappa shape index (κ1) is 14.7. The quantitative estimate of drug-likeness (QED) is 0.502. The SMILES string of the molecule is O=C(O)/C=C/c1cc([N+](=O)[O-])ccc1OCc1cccs1. The monoisotopic (exact) mass is 305 g/mol. The topological polar surface area (TPSA) is 89.7 Å². The maximum Gasteiger partial charge on any atom is 0.328 e. The molecule has 0 bridgehead atoms. The molecule has 21 heavy (non-hydrogen) atoms. The summed E-state index contributed by atoms with van der Waals surface area (Å²) >= 11 is 1.53. The highest BCUT2D eigenvalue weighted by atomic mass is 32.1. The van der Waals surface area contributed by atoms with Gasteiger partial charge in [0.2, 0.25) is 0 Å². The van der Waals surface area contributed by atoms with Gasteiger partial charge < -0.3 is 9.84 Å². The Hall–Kier alpha value is -2.67. The van der Waals surface area contributed by atoms with Crippen LogP contribution in [-0.4, -0.2) is 16.0 Å². The largest absolute Gasteiger partial charge is 0.487 e. The highest BCUT2D eigenvalue weighted by molar-refractivity contribution is 7.09. The van der Waals surface area contributed by atoms with Crippen molar-refractivity contribution in [3.63, 3.8) is 0 Å². The summed E-state index contributed by atoms with van der Waals surface area (Å²) in [5.74, 6) is -0.739. The predicted octanol–water partition coefficient (Wildman–Crippen LogP) is 3.33. The summed E-state index contributed by atoms with van der Waals surface area (Å²) in [6, 6.07) is 7.87. The van der Waals surface area contributed by atoms with E-state index in [1.807, 2.05) is 17.5 Å². The van der Waals surface area contributed by atoms with E-state index in [4.69, 9.17) is 9.84 Å². The molecule has 6 nitrogen and oxygen atoms in total. The zero-order valence-corrected chi connectivity index (χ0v) is 11.6. The van der Waals surface area contributed by atoms with E-state index in [0.29, 0.717) is 17.9 Å². The molecule has 0 aliphatic heterocycles. The molecule has 0 amide bonds. The molecule has 0 fully saturated rings. The number of carbonyl (C=O) groups is 1. The van der Waals surface area contributed by atoms with Crippen molar-refractivity contribution in [2.45, 2.75) is 6.61 Å². The van der Waals surface area contributed by atoms with Gasteiger partial charge in [0, 0.05) is 28.6 Å². The van der Waals surface area contributed by atoms with Crippen LogP contribution in [0.15, 0.2) is 41.8 Å². The van der Waals surface area contributed by atoms with E-state index in [-0.39, 0.29) is 5.69 Å². The standard InChI is InChI=1S/C14H11NO5S/c16-14(17)6-3-10-8-11(15(18)19)4-5-13(10)20-9-12-2-1-7-21-12/h1-8H,9H2,(H,16,17)/b6-3+. The van der Waals surface area contributed by atoms with Crippen molar-refractivity contribution in [1.82, 2.24) is 0 Å². The molecule has 2 rings (SSSR count). The van der Waals surface area contributed by atoms with Crippen LogP contribution in [0.2, 0.25) is 0 Å². The summed E-state index contributed by atoms with van der Waals surface area (Å²) in [5, 5.41) is 21.4. The van der Waals surface area contributed by atoms with Gasteiger partial charge >= 0.3 is 5.97 Å². The van der Waals surface area contributed by atoms with Crippen LogP contribution >= 0.6 is 11.3 Å². The van der Waals surface area contributed by atoms with Gasteiger partial charge in [0.25, 0.3) is 5.69 Å². The lowest BCUT2D eigenvalue weighted by Gasteiger charge is -2.08. The molecule has 108 valence electrons. The van der Waals surface area contributed by atoms with Crippen LogP contribution < -0.4 is 4.74 Å². The van der Waals surface area contributed by atoms with Crippen molar-refractivity contribution in [3.05, 3.63) is 62.3 Å². The summed E-state index contributed by atoms with van der Waals surface area (Å²) in [5.41, 5.74) is 0.228. The second-order valence-corrected chi connectivity index (χ2v) is 5.05. The zero-order valence-electron chi connectivity index (χ0n) is 10.8. The molecule has 7 heteroatoms. The molecule has 0 atom stereocenters. The number of nitrogens with zero attached hydrogens (tertiary/aromatic N) is 1. The smallest absolute Gasteiger partial charge is 0.328 e. The Morgan fingerprint density at radius 1 is 1.43 bits per heavy atom. The van der Waals surface area contributed by atoms with Crippen LogP contribution in [0.25, 0.3) is 6.08 Å². The Morgan fingerprint density at radius 2 is 2.24 bits per heavy atom. The molecule has 0 unspecified atom stereocenters. The fourth-order valence-electron chi connectivity index (χ4n) is 1.62. The number of benzene rings is 1. The summed E-state index contributed by atoms with van der Waals surface area (Å²) in [6.07, 6.45) is 2.19. The van der Waals surface area contributed by atoms with Crippen LogP contribution in [0.4, 0.5) is 5.69 Å². The van der Waals surface area contributed by atoms with Crippen LogP contribution in [0.1, 0.15) is 10.4 Å².